The minimum atomic E-state index is 0.0296. The molecule has 1 atom stereocenters. The highest BCUT2D eigenvalue weighted by atomic mass is 16.2. The Balaban J connectivity index is 1.71. The van der Waals surface area contributed by atoms with Crippen molar-refractivity contribution in [2.24, 2.45) is 0 Å². The highest BCUT2D eigenvalue weighted by molar-refractivity contribution is 5.77. The molecule has 2 rings (SSSR count). The SMILES string of the molecule is CN(CCC#N)C(=O)CCN1CCN2C(=O)NCC2C1. The molecule has 0 radical (unpaired) electrons. The first-order valence-electron chi connectivity index (χ1n) is 6.99. The van der Waals surface area contributed by atoms with Gasteiger partial charge in [-0.3, -0.25) is 9.69 Å². The van der Waals surface area contributed by atoms with Crippen molar-refractivity contribution in [2.75, 3.05) is 46.3 Å². The first kappa shape index (κ1) is 14.6. The molecule has 7 heteroatoms. The molecular formula is C13H21N5O2. The molecule has 0 spiro atoms. The van der Waals surface area contributed by atoms with Gasteiger partial charge in [0, 0.05) is 52.7 Å². The second-order valence-electron chi connectivity index (χ2n) is 5.31. The number of carbonyl (C=O) groups is 2. The number of nitrogens with zero attached hydrogens (tertiary/aromatic N) is 4. The van der Waals surface area contributed by atoms with Crippen LogP contribution >= 0.6 is 0 Å². The zero-order valence-corrected chi connectivity index (χ0v) is 11.8. The summed E-state index contributed by atoms with van der Waals surface area (Å²) < 4.78 is 0. The number of piperazine rings is 1. The van der Waals surface area contributed by atoms with Gasteiger partial charge in [0.1, 0.15) is 0 Å². The zero-order chi connectivity index (χ0) is 14.5. The highest BCUT2D eigenvalue weighted by Crippen LogP contribution is 2.14. The van der Waals surface area contributed by atoms with Crippen molar-refractivity contribution >= 4 is 11.9 Å². The Hall–Kier alpha value is -1.81. The average Bonchev–Trinajstić information content (AvgIpc) is 2.83. The van der Waals surface area contributed by atoms with E-state index in [1.165, 1.54) is 0 Å². The molecule has 1 unspecified atom stereocenters. The van der Waals surface area contributed by atoms with E-state index in [4.69, 9.17) is 5.26 Å². The maximum atomic E-state index is 11.9. The third-order valence-electron chi connectivity index (χ3n) is 3.94. The van der Waals surface area contributed by atoms with E-state index in [2.05, 4.69) is 10.2 Å². The van der Waals surface area contributed by atoms with Crippen LogP contribution in [0.15, 0.2) is 0 Å². The van der Waals surface area contributed by atoms with E-state index >= 15 is 0 Å². The Kier molecular flexibility index (Phi) is 4.79. The third-order valence-corrected chi connectivity index (χ3v) is 3.94. The largest absolute Gasteiger partial charge is 0.345 e. The summed E-state index contributed by atoms with van der Waals surface area (Å²) in [6, 6.07) is 2.31. The maximum Gasteiger partial charge on any atom is 0.317 e. The lowest BCUT2D eigenvalue weighted by Crippen LogP contribution is -2.52. The summed E-state index contributed by atoms with van der Waals surface area (Å²) in [7, 11) is 1.73. The molecule has 2 heterocycles. The fourth-order valence-corrected chi connectivity index (χ4v) is 2.66. The van der Waals surface area contributed by atoms with Gasteiger partial charge in [-0.2, -0.15) is 5.26 Å². The molecule has 20 heavy (non-hydrogen) atoms. The first-order chi connectivity index (χ1) is 9.61. The molecule has 7 nitrogen and oxygen atoms in total. The molecule has 110 valence electrons. The van der Waals surface area contributed by atoms with Crippen LogP contribution in [0.2, 0.25) is 0 Å². The number of amides is 3. The number of hydrogen-bond donors (Lipinski definition) is 1. The van der Waals surface area contributed by atoms with E-state index in [1.807, 2.05) is 11.0 Å². The molecule has 0 saturated carbocycles. The van der Waals surface area contributed by atoms with Gasteiger partial charge < -0.3 is 15.1 Å². The van der Waals surface area contributed by atoms with Crippen molar-refractivity contribution < 1.29 is 9.59 Å². The van der Waals surface area contributed by atoms with Crippen LogP contribution < -0.4 is 5.32 Å². The molecule has 2 aliphatic rings. The second-order valence-corrected chi connectivity index (χ2v) is 5.31. The molecule has 0 aromatic rings. The first-order valence-corrected chi connectivity index (χ1v) is 6.99. The minimum Gasteiger partial charge on any atom is -0.345 e. The van der Waals surface area contributed by atoms with Crippen molar-refractivity contribution in [2.45, 2.75) is 18.9 Å². The topological polar surface area (TPSA) is 79.7 Å². The van der Waals surface area contributed by atoms with Gasteiger partial charge in [-0.25, -0.2) is 4.79 Å². The predicted molar refractivity (Wildman–Crippen MR) is 72.8 cm³/mol. The van der Waals surface area contributed by atoms with Crippen LogP contribution in [0.1, 0.15) is 12.8 Å². The summed E-state index contributed by atoms with van der Waals surface area (Å²) >= 11 is 0. The normalized spacial score (nSPS) is 22.1. The lowest BCUT2D eigenvalue weighted by atomic mass is 10.2. The van der Waals surface area contributed by atoms with Gasteiger partial charge in [-0.15, -0.1) is 0 Å². The lowest BCUT2D eigenvalue weighted by Gasteiger charge is -2.36. The van der Waals surface area contributed by atoms with Gasteiger partial charge in [0.05, 0.1) is 18.5 Å². The summed E-state index contributed by atoms with van der Waals surface area (Å²) in [5.41, 5.74) is 0. The zero-order valence-electron chi connectivity index (χ0n) is 11.8. The van der Waals surface area contributed by atoms with E-state index in [0.29, 0.717) is 32.5 Å². The number of rotatable bonds is 5. The van der Waals surface area contributed by atoms with Crippen LogP contribution in [0, 0.1) is 11.3 Å². The van der Waals surface area contributed by atoms with Crippen molar-refractivity contribution in [3.8, 4) is 6.07 Å². The second kappa shape index (κ2) is 6.57. The summed E-state index contributed by atoms with van der Waals surface area (Å²) in [4.78, 5) is 29.1. The molecule has 2 saturated heterocycles. The van der Waals surface area contributed by atoms with E-state index in [9.17, 15) is 9.59 Å². The van der Waals surface area contributed by atoms with Crippen LogP contribution in [-0.4, -0.2) is 79.0 Å². The Morgan fingerprint density at radius 3 is 3.10 bits per heavy atom. The van der Waals surface area contributed by atoms with Crippen LogP contribution in [-0.2, 0) is 4.79 Å². The Labute approximate surface area is 119 Å². The summed E-state index contributed by atoms with van der Waals surface area (Å²) in [6.07, 6.45) is 0.840. The molecule has 0 aromatic heterocycles. The van der Waals surface area contributed by atoms with Crippen LogP contribution in [0.3, 0.4) is 0 Å². The molecule has 0 aromatic carbocycles. The van der Waals surface area contributed by atoms with Crippen molar-refractivity contribution in [1.29, 1.82) is 5.26 Å². The van der Waals surface area contributed by atoms with Gasteiger partial charge in [-0.05, 0) is 0 Å². The monoisotopic (exact) mass is 279 g/mol. The molecule has 1 N–H and O–H groups in total. The Morgan fingerprint density at radius 1 is 1.55 bits per heavy atom. The average molecular weight is 279 g/mol. The van der Waals surface area contributed by atoms with Crippen molar-refractivity contribution in [1.82, 2.24) is 20.0 Å². The summed E-state index contributed by atoms with van der Waals surface area (Å²) in [5, 5.41) is 11.3. The maximum absolute atomic E-state index is 11.9. The molecule has 2 fully saturated rings. The van der Waals surface area contributed by atoms with E-state index < -0.39 is 0 Å². The predicted octanol–water partition coefficient (Wildman–Crippen LogP) is -0.542. The molecule has 2 aliphatic heterocycles. The minimum absolute atomic E-state index is 0.0296. The fraction of sp³-hybridized carbons (Fsp3) is 0.769. The Morgan fingerprint density at radius 2 is 2.35 bits per heavy atom. The van der Waals surface area contributed by atoms with E-state index in [1.54, 1.807) is 11.9 Å². The van der Waals surface area contributed by atoms with Crippen LogP contribution in [0.4, 0.5) is 4.79 Å². The van der Waals surface area contributed by atoms with Crippen molar-refractivity contribution in [3.05, 3.63) is 0 Å². The molecular weight excluding hydrogens is 258 g/mol. The number of hydrogen-bond acceptors (Lipinski definition) is 4. The van der Waals surface area contributed by atoms with E-state index in [0.717, 1.165) is 19.6 Å². The standard InChI is InChI=1S/C13H21N5O2/c1-16(5-2-4-14)12(19)3-6-17-7-8-18-11(10-17)9-15-13(18)20/h11H,2-3,5-10H2,1H3,(H,15,20). The third kappa shape index (κ3) is 3.39. The number of fused-ring (bicyclic) bond motifs is 1. The number of nitriles is 1. The molecule has 0 aliphatic carbocycles. The van der Waals surface area contributed by atoms with Crippen molar-refractivity contribution in [3.63, 3.8) is 0 Å². The fourth-order valence-electron chi connectivity index (χ4n) is 2.66. The van der Waals surface area contributed by atoms with Gasteiger partial charge in [-0.1, -0.05) is 0 Å². The van der Waals surface area contributed by atoms with E-state index in [-0.39, 0.29) is 18.0 Å². The molecule has 3 amide bonds. The Bertz CT molecular complexity index is 419. The van der Waals surface area contributed by atoms with Gasteiger partial charge in [0.25, 0.3) is 0 Å². The van der Waals surface area contributed by atoms with Crippen LogP contribution in [0.5, 0.6) is 0 Å². The van der Waals surface area contributed by atoms with Gasteiger partial charge in [0.2, 0.25) is 5.91 Å². The van der Waals surface area contributed by atoms with Gasteiger partial charge >= 0.3 is 6.03 Å². The van der Waals surface area contributed by atoms with Crippen LogP contribution in [0.25, 0.3) is 0 Å². The number of carbonyl (C=O) groups excluding carboxylic acids is 2. The smallest absolute Gasteiger partial charge is 0.317 e. The molecule has 0 bridgehead atoms. The summed E-state index contributed by atoms with van der Waals surface area (Å²) in [6.45, 7) is 4.28. The lowest BCUT2D eigenvalue weighted by molar-refractivity contribution is -0.130. The number of nitrogens with one attached hydrogen (secondary N) is 1. The summed E-state index contributed by atoms with van der Waals surface area (Å²) in [5.74, 6) is 0.0725. The number of urea groups is 1. The van der Waals surface area contributed by atoms with Gasteiger partial charge in [0.15, 0.2) is 0 Å². The quantitative estimate of drug-likeness (QED) is 0.733. The highest BCUT2D eigenvalue weighted by Gasteiger charge is 2.35.